The summed E-state index contributed by atoms with van der Waals surface area (Å²) in [7, 11) is 0. The Morgan fingerprint density at radius 3 is 2.62 bits per heavy atom. The zero-order valence-electron chi connectivity index (χ0n) is 16.5. The largest absolute Gasteiger partial charge is 0.450 e. The van der Waals surface area contributed by atoms with E-state index in [1.165, 1.54) is 23.4 Å². The lowest BCUT2D eigenvalue weighted by molar-refractivity contribution is -0.0727. The molecule has 0 aliphatic carbocycles. The van der Waals surface area contributed by atoms with Crippen LogP contribution < -0.4 is 0 Å². The summed E-state index contributed by atoms with van der Waals surface area (Å²) in [6.45, 7) is 5.57. The van der Waals surface area contributed by atoms with Crippen LogP contribution in [-0.4, -0.2) is 74.6 Å². The molecule has 1 amide bonds. The third-order valence-corrected chi connectivity index (χ3v) is 5.35. The molecule has 1 saturated heterocycles. The van der Waals surface area contributed by atoms with Gasteiger partial charge in [0.2, 0.25) is 0 Å². The average Bonchev–Trinajstić information content (AvgIpc) is 3.20. The second kappa shape index (κ2) is 8.83. The van der Waals surface area contributed by atoms with Crippen molar-refractivity contribution in [1.82, 2.24) is 24.6 Å². The molecule has 158 valence electrons. The van der Waals surface area contributed by atoms with Crippen molar-refractivity contribution < 1.29 is 23.4 Å². The van der Waals surface area contributed by atoms with E-state index in [-0.39, 0.29) is 18.2 Å². The fraction of sp³-hybridized carbons (Fsp3) is 0.526. The Bertz CT molecular complexity index is 827. The van der Waals surface area contributed by atoms with Crippen LogP contribution in [0.25, 0.3) is 0 Å². The number of rotatable bonds is 6. The van der Waals surface area contributed by atoms with E-state index in [2.05, 4.69) is 10.1 Å². The molecule has 0 unspecified atom stereocenters. The lowest BCUT2D eigenvalue weighted by Crippen LogP contribution is -2.58. The third-order valence-electron chi connectivity index (χ3n) is 5.35. The molecule has 0 radical (unpaired) electrons. The van der Waals surface area contributed by atoms with Crippen molar-refractivity contribution in [2.45, 2.75) is 32.0 Å². The van der Waals surface area contributed by atoms with Crippen molar-refractivity contribution in [2.24, 2.45) is 0 Å². The van der Waals surface area contributed by atoms with Gasteiger partial charge in [0, 0.05) is 43.9 Å². The Hall–Kier alpha value is -2.59. The van der Waals surface area contributed by atoms with E-state index in [1.807, 2.05) is 4.90 Å². The lowest BCUT2D eigenvalue weighted by atomic mass is 9.85. The summed E-state index contributed by atoms with van der Waals surface area (Å²) in [6.07, 6.45) is 2.38. The first-order valence-corrected chi connectivity index (χ1v) is 9.51. The molecule has 1 aliphatic rings. The van der Waals surface area contributed by atoms with Crippen LogP contribution in [0.4, 0.5) is 13.6 Å². The molecule has 1 aliphatic heterocycles. The maximum Gasteiger partial charge on any atom is 0.409 e. The van der Waals surface area contributed by atoms with Gasteiger partial charge in [0.15, 0.2) is 0 Å². The van der Waals surface area contributed by atoms with Gasteiger partial charge >= 0.3 is 6.09 Å². The number of benzene rings is 1. The monoisotopic (exact) mass is 409 g/mol. The zero-order valence-corrected chi connectivity index (χ0v) is 16.5. The fourth-order valence-corrected chi connectivity index (χ4v) is 3.65. The normalized spacial score (nSPS) is 18.3. The van der Waals surface area contributed by atoms with Gasteiger partial charge in [-0.15, -0.1) is 0 Å². The lowest BCUT2D eigenvalue weighted by Gasteiger charge is -2.44. The van der Waals surface area contributed by atoms with Gasteiger partial charge < -0.3 is 14.7 Å². The van der Waals surface area contributed by atoms with Crippen LogP contribution in [0.2, 0.25) is 0 Å². The van der Waals surface area contributed by atoms with Gasteiger partial charge in [0.1, 0.15) is 29.9 Å². The van der Waals surface area contributed by atoms with Crippen molar-refractivity contribution >= 4 is 6.09 Å². The second-order valence-electron chi connectivity index (χ2n) is 7.04. The maximum atomic E-state index is 14.6. The van der Waals surface area contributed by atoms with Crippen molar-refractivity contribution in [3.63, 3.8) is 0 Å². The van der Waals surface area contributed by atoms with Crippen LogP contribution in [0, 0.1) is 11.6 Å². The molecule has 1 N–H and O–H groups in total. The van der Waals surface area contributed by atoms with Crippen molar-refractivity contribution in [3.8, 4) is 0 Å². The number of nitrogens with zero attached hydrogens (tertiary/aromatic N) is 5. The van der Waals surface area contributed by atoms with Gasteiger partial charge in [0.25, 0.3) is 0 Å². The van der Waals surface area contributed by atoms with E-state index in [0.29, 0.717) is 32.8 Å². The van der Waals surface area contributed by atoms with Gasteiger partial charge in [-0.2, -0.15) is 5.10 Å². The molecule has 1 aromatic heterocycles. The number of piperazine rings is 1. The van der Waals surface area contributed by atoms with E-state index in [9.17, 15) is 18.7 Å². The molecule has 10 heteroatoms. The van der Waals surface area contributed by atoms with Crippen LogP contribution in [0.5, 0.6) is 0 Å². The van der Waals surface area contributed by atoms with E-state index in [0.717, 1.165) is 12.1 Å². The second-order valence-corrected chi connectivity index (χ2v) is 7.04. The number of ether oxygens (including phenoxy) is 1. The summed E-state index contributed by atoms with van der Waals surface area (Å²) in [5.41, 5.74) is -1.72. The number of halogens is 2. The molecular weight excluding hydrogens is 384 g/mol. The highest BCUT2D eigenvalue weighted by molar-refractivity contribution is 5.67. The Labute approximate surface area is 167 Å². The summed E-state index contributed by atoms with van der Waals surface area (Å²) in [5.74, 6) is -1.55. The van der Waals surface area contributed by atoms with E-state index in [4.69, 9.17) is 4.74 Å². The summed E-state index contributed by atoms with van der Waals surface area (Å²) in [6, 6.07) is 2.59. The topological polar surface area (TPSA) is 83.7 Å². The Morgan fingerprint density at radius 2 is 2.03 bits per heavy atom. The highest BCUT2D eigenvalue weighted by Gasteiger charge is 2.43. The summed E-state index contributed by atoms with van der Waals surface area (Å²) in [5, 5.41) is 15.6. The minimum Gasteiger partial charge on any atom is -0.450 e. The first kappa shape index (κ1) is 21.1. The standard InChI is InChI=1S/C19H25F2N5O3/c1-3-29-18(27)25-8-6-24(7-9-25)14(2)19(28,11-26-13-22-12-23-26)16-5-4-15(20)10-17(16)21/h4-5,10,12-14,28H,3,6-9,11H2,1-2H3/t14-,19-/m1/s1. The first-order chi connectivity index (χ1) is 13.8. The zero-order chi connectivity index (χ0) is 21.0. The Morgan fingerprint density at radius 1 is 1.31 bits per heavy atom. The van der Waals surface area contributed by atoms with Gasteiger partial charge in [-0.25, -0.2) is 23.2 Å². The maximum absolute atomic E-state index is 14.6. The van der Waals surface area contributed by atoms with Gasteiger partial charge in [-0.3, -0.25) is 4.90 Å². The predicted octanol–water partition coefficient (Wildman–Crippen LogP) is 1.61. The summed E-state index contributed by atoms with van der Waals surface area (Å²) >= 11 is 0. The van der Waals surface area contributed by atoms with Crippen LogP contribution in [0.1, 0.15) is 19.4 Å². The van der Waals surface area contributed by atoms with Crippen LogP contribution in [-0.2, 0) is 16.9 Å². The van der Waals surface area contributed by atoms with Crippen LogP contribution >= 0.6 is 0 Å². The van der Waals surface area contributed by atoms with Crippen molar-refractivity contribution in [3.05, 3.63) is 48.1 Å². The smallest absolute Gasteiger partial charge is 0.409 e. The number of carbonyl (C=O) groups excluding carboxylic acids is 1. The van der Waals surface area contributed by atoms with Crippen LogP contribution in [0.3, 0.4) is 0 Å². The number of amides is 1. The fourth-order valence-electron chi connectivity index (χ4n) is 3.65. The number of hydrogen-bond acceptors (Lipinski definition) is 6. The highest BCUT2D eigenvalue weighted by Crippen LogP contribution is 2.33. The number of aliphatic hydroxyl groups is 1. The molecule has 0 bridgehead atoms. The molecular formula is C19H25F2N5O3. The minimum absolute atomic E-state index is 0.0188. The molecule has 3 rings (SSSR count). The Kier molecular flexibility index (Phi) is 6.43. The molecule has 2 heterocycles. The van der Waals surface area contributed by atoms with E-state index < -0.39 is 23.3 Å². The van der Waals surface area contributed by atoms with Gasteiger partial charge in [0.05, 0.1) is 13.2 Å². The van der Waals surface area contributed by atoms with Gasteiger partial charge in [-0.05, 0) is 19.9 Å². The summed E-state index contributed by atoms with van der Waals surface area (Å²) in [4.78, 5) is 19.4. The predicted molar refractivity (Wildman–Crippen MR) is 99.9 cm³/mol. The van der Waals surface area contributed by atoms with E-state index >= 15 is 0 Å². The first-order valence-electron chi connectivity index (χ1n) is 9.51. The van der Waals surface area contributed by atoms with Crippen LogP contribution in [0.15, 0.2) is 30.9 Å². The molecule has 1 fully saturated rings. The highest BCUT2D eigenvalue weighted by atomic mass is 19.1. The molecule has 0 saturated carbocycles. The SMILES string of the molecule is CCOC(=O)N1CCN([C@H](C)[C@](O)(Cn2cncn2)c2ccc(F)cc2F)CC1. The molecule has 2 atom stereocenters. The summed E-state index contributed by atoms with van der Waals surface area (Å²) < 4.78 is 34.5. The molecule has 2 aromatic rings. The quantitative estimate of drug-likeness (QED) is 0.781. The number of hydrogen-bond donors (Lipinski definition) is 1. The van der Waals surface area contributed by atoms with Crippen molar-refractivity contribution in [1.29, 1.82) is 0 Å². The molecule has 1 aromatic carbocycles. The average molecular weight is 409 g/mol. The minimum atomic E-state index is -1.70. The molecule has 8 nitrogen and oxygen atoms in total. The van der Waals surface area contributed by atoms with Gasteiger partial charge in [-0.1, -0.05) is 6.07 Å². The number of aromatic nitrogens is 3. The van der Waals surface area contributed by atoms with E-state index in [1.54, 1.807) is 18.7 Å². The number of carbonyl (C=O) groups is 1. The Balaban J connectivity index is 1.83. The molecule has 0 spiro atoms. The van der Waals surface area contributed by atoms with Crippen molar-refractivity contribution in [2.75, 3.05) is 32.8 Å². The third kappa shape index (κ3) is 4.54. The molecule has 29 heavy (non-hydrogen) atoms.